The number of halogens is 3. The zero-order valence-corrected chi connectivity index (χ0v) is 11.4. The van der Waals surface area contributed by atoms with Crippen LogP contribution in [-0.4, -0.2) is 5.88 Å². The summed E-state index contributed by atoms with van der Waals surface area (Å²) in [5.74, 6) is -0.621. The number of benzene rings is 2. The van der Waals surface area contributed by atoms with E-state index in [-0.39, 0.29) is 5.92 Å². The van der Waals surface area contributed by atoms with E-state index in [4.69, 9.17) is 11.6 Å². The molecule has 0 nitrogen and oxygen atoms in total. The minimum atomic E-state index is -0.549. The van der Waals surface area contributed by atoms with Crippen LogP contribution in [0.2, 0.25) is 0 Å². The van der Waals surface area contributed by atoms with Gasteiger partial charge < -0.3 is 0 Å². The maximum atomic E-state index is 13.2. The standard InChI is InChI=1S/C16H15ClF2/c1-11-2-4-13(5-3-11)14(10-17)6-12-7-15(18)9-16(19)8-12/h2-5,7-9,14H,6,10H2,1H3. The molecule has 0 amide bonds. The molecule has 0 radical (unpaired) electrons. The van der Waals surface area contributed by atoms with Crippen LogP contribution in [0.4, 0.5) is 8.78 Å². The van der Waals surface area contributed by atoms with E-state index >= 15 is 0 Å². The molecule has 0 saturated carbocycles. The molecule has 0 aromatic heterocycles. The summed E-state index contributed by atoms with van der Waals surface area (Å²) in [6.07, 6.45) is 0.529. The van der Waals surface area contributed by atoms with E-state index in [2.05, 4.69) is 0 Å². The fourth-order valence-electron chi connectivity index (χ4n) is 2.11. The highest BCUT2D eigenvalue weighted by atomic mass is 35.5. The lowest BCUT2D eigenvalue weighted by molar-refractivity contribution is 0.577. The van der Waals surface area contributed by atoms with Crippen LogP contribution in [0.25, 0.3) is 0 Å². The molecule has 0 aliphatic carbocycles. The zero-order chi connectivity index (χ0) is 13.8. The molecule has 3 heteroatoms. The highest BCUT2D eigenvalue weighted by molar-refractivity contribution is 6.18. The zero-order valence-electron chi connectivity index (χ0n) is 10.7. The first kappa shape index (κ1) is 14.0. The van der Waals surface area contributed by atoms with Crippen LogP contribution in [0.15, 0.2) is 42.5 Å². The van der Waals surface area contributed by atoms with E-state index in [0.29, 0.717) is 17.9 Å². The predicted molar refractivity (Wildman–Crippen MR) is 74.7 cm³/mol. The number of rotatable bonds is 4. The summed E-state index contributed by atoms with van der Waals surface area (Å²) in [6.45, 7) is 2.02. The van der Waals surface area contributed by atoms with E-state index in [1.807, 2.05) is 31.2 Å². The van der Waals surface area contributed by atoms with Gasteiger partial charge in [-0.1, -0.05) is 29.8 Å². The summed E-state index contributed by atoms with van der Waals surface area (Å²) >= 11 is 5.98. The third kappa shape index (κ3) is 3.77. The van der Waals surface area contributed by atoms with Crippen molar-refractivity contribution in [2.24, 2.45) is 0 Å². The SMILES string of the molecule is Cc1ccc(C(CCl)Cc2cc(F)cc(F)c2)cc1. The number of hydrogen-bond donors (Lipinski definition) is 0. The molecule has 2 rings (SSSR count). The molecule has 19 heavy (non-hydrogen) atoms. The Balaban J connectivity index is 2.21. The lowest BCUT2D eigenvalue weighted by atomic mass is 9.93. The van der Waals surface area contributed by atoms with Crippen molar-refractivity contribution in [2.45, 2.75) is 19.3 Å². The molecule has 0 saturated heterocycles. The molecular weight excluding hydrogens is 266 g/mol. The summed E-state index contributed by atoms with van der Waals surface area (Å²) in [6, 6.07) is 11.6. The van der Waals surface area contributed by atoms with Gasteiger partial charge in [-0.15, -0.1) is 11.6 Å². The molecule has 0 fully saturated rings. The van der Waals surface area contributed by atoms with Crippen molar-refractivity contribution in [3.63, 3.8) is 0 Å². The van der Waals surface area contributed by atoms with Crippen molar-refractivity contribution in [1.29, 1.82) is 0 Å². The van der Waals surface area contributed by atoms with Crippen molar-refractivity contribution >= 4 is 11.6 Å². The molecule has 0 aliphatic heterocycles. The van der Waals surface area contributed by atoms with Gasteiger partial charge in [-0.2, -0.15) is 0 Å². The average molecular weight is 281 g/mol. The van der Waals surface area contributed by atoms with Gasteiger partial charge in [-0.3, -0.25) is 0 Å². The summed E-state index contributed by atoms with van der Waals surface area (Å²) < 4.78 is 26.3. The minimum Gasteiger partial charge on any atom is -0.207 e. The molecule has 2 aromatic rings. The van der Waals surface area contributed by atoms with Crippen molar-refractivity contribution < 1.29 is 8.78 Å². The van der Waals surface area contributed by atoms with E-state index in [0.717, 1.165) is 11.6 Å². The molecule has 0 spiro atoms. The molecule has 2 aromatic carbocycles. The predicted octanol–water partition coefficient (Wildman–Crippen LogP) is 4.84. The smallest absolute Gasteiger partial charge is 0.126 e. The summed E-state index contributed by atoms with van der Waals surface area (Å²) in [4.78, 5) is 0. The van der Waals surface area contributed by atoms with Gasteiger partial charge in [0, 0.05) is 17.9 Å². The summed E-state index contributed by atoms with van der Waals surface area (Å²) in [5, 5.41) is 0. The molecular formula is C16H15ClF2. The van der Waals surface area contributed by atoms with Crippen molar-refractivity contribution in [1.82, 2.24) is 0 Å². The second-order valence-electron chi connectivity index (χ2n) is 4.74. The number of aryl methyl sites for hydroxylation is 1. The van der Waals surface area contributed by atoms with Crippen LogP contribution >= 0.6 is 11.6 Å². The largest absolute Gasteiger partial charge is 0.207 e. The quantitative estimate of drug-likeness (QED) is 0.703. The Morgan fingerprint density at radius 3 is 2.11 bits per heavy atom. The average Bonchev–Trinajstić information content (AvgIpc) is 2.36. The maximum Gasteiger partial charge on any atom is 0.126 e. The first-order chi connectivity index (χ1) is 9.08. The van der Waals surface area contributed by atoms with Gasteiger partial charge in [-0.05, 0) is 36.6 Å². The fraction of sp³-hybridized carbons (Fsp3) is 0.250. The third-order valence-corrected chi connectivity index (χ3v) is 3.51. The molecule has 0 heterocycles. The van der Waals surface area contributed by atoms with Gasteiger partial charge in [0.25, 0.3) is 0 Å². The highest BCUT2D eigenvalue weighted by Crippen LogP contribution is 2.23. The van der Waals surface area contributed by atoms with Crippen LogP contribution in [0, 0.1) is 18.6 Å². The van der Waals surface area contributed by atoms with Gasteiger partial charge in [0.15, 0.2) is 0 Å². The second-order valence-corrected chi connectivity index (χ2v) is 5.05. The number of alkyl halides is 1. The van der Waals surface area contributed by atoms with Gasteiger partial charge in [-0.25, -0.2) is 8.78 Å². The Kier molecular flexibility index (Phi) is 4.54. The molecule has 100 valence electrons. The summed E-state index contributed by atoms with van der Waals surface area (Å²) in [5.41, 5.74) is 2.89. The van der Waals surface area contributed by atoms with Gasteiger partial charge in [0.1, 0.15) is 11.6 Å². The topological polar surface area (TPSA) is 0 Å². The molecule has 0 bridgehead atoms. The lowest BCUT2D eigenvalue weighted by Gasteiger charge is -2.15. The first-order valence-electron chi connectivity index (χ1n) is 6.16. The van der Waals surface area contributed by atoms with Gasteiger partial charge in [0.2, 0.25) is 0 Å². The molecule has 1 atom stereocenters. The van der Waals surface area contributed by atoms with Crippen LogP contribution < -0.4 is 0 Å². The summed E-state index contributed by atoms with van der Waals surface area (Å²) in [7, 11) is 0. The van der Waals surface area contributed by atoms with E-state index in [9.17, 15) is 8.78 Å². The van der Waals surface area contributed by atoms with Gasteiger partial charge >= 0.3 is 0 Å². The van der Waals surface area contributed by atoms with Crippen molar-refractivity contribution in [2.75, 3.05) is 5.88 Å². The van der Waals surface area contributed by atoms with Crippen molar-refractivity contribution in [3.05, 3.63) is 70.8 Å². The molecule has 0 N–H and O–H groups in total. The highest BCUT2D eigenvalue weighted by Gasteiger charge is 2.12. The van der Waals surface area contributed by atoms with E-state index < -0.39 is 11.6 Å². The van der Waals surface area contributed by atoms with E-state index in [1.165, 1.54) is 17.7 Å². The third-order valence-electron chi connectivity index (χ3n) is 3.14. The van der Waals surface area contributed by atoms with Crippen LogP contribution in [0.3, 0.4) is 0 Å². The van der Waals surface area contributed by atoms with Crippen LogP contribution in [0.1, 0.15) is 22.6 Å². The fourth-order valence-corrected chi connectivity index (χ4v) is 2.40. The van der Waals surface area contributed by atoms with Gasteiger partial charge in [0.05, 0.1) is 0 Å². The Hall–Kier alpha value is -1.41. The Bertz CT molecular complexity index is 529. The Morgan fingerprint density at radius 2 is 1.58 bits per heavy atom. The maximum absolute atomic E-state index is 13.2. The normalized spacial score (nSPS) is 12.4. The van der Waals surface area contributed by atoms with Crippen LogP contribution in [-0.2, 0) is 6.42 Å². The minimum absolute atomic E-state index is 0.0588. The monoisotopic (exact) mass is 280 g/mol. The van der Waals surface area contributed by atoms with Crippen molar-refractivity contribution in [3.8, 4) is 0 Å². The second kappa shape index (κ2) is 6.16. The lowest BCUT2D eigenvalue weighted by Crippen LogP contribution is -2.05. The Labute approximate surface area is 117 Å². The Morgan fingerprint density at radius 1 is 1.00 bits per heavy atom. The molecule has 1 unspecified atom stereocenters. The first-order valence-corrected chi connectivity index (χ1v) is 6.69. The van der Waals surface area contributed by atoms with E-state index in [1.54, 1.807) is 0 Å². The molecule has 0 aliphatic rings. The number of hydrogen-bond acceptors (Lipinski definition) is 0. The van der Waals surface area contributed by atoms with Crippen LogP contribution in [0.5, 0.6) is 0 Å².